The van der Waals surface area contributed by atoms with Crippen molar-refractivity contribution in [2.24, 2.45) is 5.10 Å². The van der Waals surface area contributed by atoms with Crippen LogP contribution in [0.4, 0.5) is 0 Å². The van der Waals surface area contributed by atoms with E-state index < -0.39 is 11.9 Å². The van der Waals surface area contributed by atoms with Crippen molar-refractivity contribution in [1.82, 2.24) is 5.01 Å². The molecule has 110 valence electrons. The van der Waals surface area contributed by atoms with Crippen molar-refractivity contribution in [3.63, 3.8) is 0 Å². The number of aliphatic hydroxyl groups is 1. The summed E-state index contributed by atoms with van der Waals surface area (Å²) in [7, 11) is 3.55. The minimum atomic E-state index is -1.29. The Balaban J connectivity index is 2.14. The van der Waals surface area contributed by atoms with E-state index in [2.05, 4.69) is 5.10 Å². The molecule has 0 fully saturated rings. The number of nitrogens with zero attached hydrogens (tertiary/aromatic N) is 2. The molecule has 1 atom stereocenters. The minimum absolute atomic E-state index is 0.0812. The molecule has 0 aliphatic carbocycles. The zero-order chi connectivity index (χ0) is 15.4. The first-order chi connectivity index (χ1) is 9.97. The Hall–Kier alpha value is -2.11. The van der Waals surface area contributed by atoms with Gasteiger partial charge in [-0.2, -0.15) is 5.10 Å². The van der Waals surface area contributed by atoms with E-state index in [0.29, 0.717) is 16.3 Å². The number of benzene rings is 1. The van der Waals surface area contributed by atoms with E-state index >= 15 is 0 Å². The maximum absolute atomic E-state index is 12.1. The number of furan rings is 1. The third-order valence-electron chi connectivity index (χ3n) is 2.72. The first-order valence-electron chi connectivity index (χ1n) is 6.26. The second-order valence-electron chi connectivity index (χ2n) is 4.61. The summed E-state index contributed by atoms with van der Waals surface area (Å²) in [6.45, 7) is 0. The lowest BCUT2D eigenvalue weighted by atomic mass is 10.0. The number of hydrazone groups is 1. The number of halogens is 1. The van der Waals surface area contributed by atoms with E-state index in [0.717, 1.165) is 0 Å². The smallest absolute Gasteiger partial charge is 0.230 e. The molecule has 1 N–H and O–H groups in total. The molecule has 1 aromatic heterocycles. The molecule has 0 amide bonds. The number of Topliss-reactive ketones (excluding diaryl/α,β-unsaturated/α-hetero) is 1. The summed E-state index contributed by atoms with van der Waals surface area (Å²) in [4.78, 5) is 12.1. The fourth-order valence-corrected chi connectivity index (χ4v) is 1.78. The monoisotopic (exact) mass is 306 g/mol. The molecule has 0 aliphatic heterocycles. The molecule has 2 aromatic rings. The summed E-state index contributed by atoms with van der Waals surface area (Å²) in [6, 6.07) is 9.56. The molecule has 0 radical (unpaired) electrons. The molecule has 5 nitrogen and oxygen atoms in total. The van der Waals surface area contributed by atoms with E-state index in [1.54, 1.807) is 49.4 Å². The number of hydrogen-bond donors (Lipinski definition) is 1. The Morgan fingerprint density at radius 2 is 1.95 bits per heavy atom. The summed E-state index contributed by atoms with van der Waals surface area (Å²) < 4.78 is 5.35. The average molecular weight is 307 g/mol. The van der Waals surface area contributed by atoms with Gasteiger partial charge in [0.15, 0.2) is 5.76 Å². The molecule has 2 rings (SSSR count). The van der Waals surface area contributed by atoms with E-state index in [9.17, 15) is 9.90 Å². The van der Waals surface area contributed by atoms with E-state index in [1.165, 1.54) is 12.3 Å². The van der Waals surface area contributed by atoms with Gasteiger partial charge in [0.2, 0.25) is 5.78 Å². The first-order valence-corrected chi connectivity index (χ1v) is 6.64. The number of hydrogen-bond acceptors (Lipinski definition) is 5. The first kappa shape index (κ1) is 15.3. The van der Waals surface area contributed by atoms with Crippen molar-refractivity contribution in [3.05, 3.63) is 58.5 Å². The molecule has 6 heteroatoms. The highest BCUT2D eigenvalue weighted by molar-refractivity contribution is 6.30. The summed E-state index contributed by atoms with van der Waals surface area (Å²) in [5.74, 6) is 0.00911. The minimum Gasteiger partial charge on any atom is -0.452 e. The summed E-state index contributed by atoms with van der Waals surface area (Å²) in [5, 5.41) is 16.2. The zero-order valence-electron chi connectivity index (χ0n) is 11.7. The van der Waals surface area contributed by atoms with Crippen LogP contribution in [-0.2, 0) is 0 Å². The van der Waals surface area contributed by atoms with E-state index in [4.69, 9.17) is 16.0 Å². The molecular weight excluding hydrogens is 292 g/mol. The van der Waals surface area contributed by atoms with E-state index in [-0.39, 0.29) is 5.76 Å². The maximum Gasteiger partial charge on any atom is 0.230 e. The van der Waals surface area contributed by atoms with Crippen LogP contribution in [0.25, 0.3) is 0 Å². The van der Waals surface area contributed by atoms with Gasteiger partial charge in [0.05, 0.1) is 6.21 Å². The number of carbonyl (C=O) groups excluding carboxylic acids is 1. The van der Waals surface area contributed by atoms with Gasteiger partial charge in [-0.25, -0.2) is 0 Å². The Morgan fingerprint density at radius 3 is 2.57 bits per heavy atom. The molecule has 0 saturated heterocycles. The van der Waals surface area contributed by atoms with Crippen molar-refractivity contribution in [2.45, 2.75) is 6.10 Å². The molecule has 0 aliphatic rings. The number of carbonyl (C=O) groups is 1. The number of rotatable bonds is 5. The van der Waals surface area contributed by atoms with Crippen LogP contribution in [0.2, 0.25) is 5.02 Å². The highest BCUT2D eigenvalue weighted by atomic mass is 35.5. The topological polar surface area (TPSA) is 66.0 Å². The third-order valence-corrected chi connectivity index (χ3v) is 2.97. The molecule has 0 saturated carbocycles. The summed E-state index contributed by atoms with van der Waals surface area (Å²) in [6.07, 6.45) is 0.206. The van der Waals surface area contributed by atoms with Gasteiger partial charge in [0.25, 0.3) is 0 Å². The molecule has 1 aromatic carbocycles. The number of aliphatic hydroxyl groups excluding tert-OH is 1. The van der Waals surface area contributed by atoms with Crippen molar-refractivity contribution in [1.29, 1.82) is 0 Å². The molecule has 21 heavy (non-hydrogen) atoms. The van der Waals surface area contributed by atoms with Gasteiger partial charge in [-0.05, 0) is 29.8 Å². The normalized spacial score (nSPS) is 12.6. The summed E-state index contributed by atoms with van der Waals surface area (Å²) in [5.41, 5.74) is 0.462. The Kier molecular flexibility index (Phi) is 4.77. The van der Waals surface area contributed by atoms with Crippen LogP contribution in [-0.4, -0.2) is 36.2 Å². The quantitative estimate of drug-likeness (QED) is 0.524. The predicted octanol–water partition coefficient (Wildman–Crippen LogP) is 2.74. The van der Waals surface area contributed by atoms with Crippen molar-refractivity contribution in [2.75, 3.05) is 14.1 Å². The molecule has 0 bridgehead atoms. The van der Waals surface area contributed by atoms with Gasteiger partial charge in [-0.15, -0.1) is 0 Å². The molecule has 1 heterocycles. The maximum atomic E-state index is 12.1. The van der Waals surface area contributed by atoms with Crippen LogP contribution in [0.3, 0.4) is 0 Å². The largest absolute Gasteiger partial charge is 0.452 e. The lowest BCUT2D eigenvalue weighted by Gasteiger charge is -2.08. The average Bonchev–Trinajstić information content (AvgIpc) is 2.93. The van der Waals surface area contributed by atoms with Crippen LogP contribution in [0, 0.1) is 0 Å². The van der Waals surface area contributed by atoms with Gasteiger partial charge in [0.1, 0.15) is 11.9 Å². The van der Waals surface area contributed by atoms with Crippen LogP contribution in [0.15, 0.2) is 45.9 Å². The fourth-order valence-electron chi connectivity index (χ4n) is 1.66. The molecule has 1 unspecified atom stereocenters. The van der Waals surface area contributed by atoms with Gasteiger partial charge in [-0.1, -0.05) is 23.7 Å². The van der Waals surface area contributed by atoms with Crippen LogP contribution >= 0.6 is 11.6 Å². The van der Waals surface area contributed by atoms with Crippen LogP contribution in [0.1, 0.15) is 28.0 Å². The van der Waals surface area contributed by atoms with Gasteiger partial charge in [0, 0.05) is 19.1 Å². The third kappa shape index (κ3) is 3.93. The van der Waals surface area contributed by atoms with Crippen LogP contribution < -0.4 is 0 Å². The Bertz CT molecular complexity index is 647. The highest BCUT2D eigenvalue weighted by Crippen LogP contribution is 2.21. The van der Waals surface area contributed by atoms with Crippen molar-refractivity contribution in [3.8, 4) is 0 Å². The fraction of sp³-hybridized carbons (Fsp3) is 0.200. The van der Waals surface area contributed by atoms with Gasteiger partial charge < -0.3 is 14.5 Å². The van der Waals surface area contributed by atoms with Gasteiger partial charge >= 0.3 is 0 Å². The van der Waals surface area contributed by atoms with Crippen LogP contribution in [0.5, 0.6) is 0 Å². The van der Waals surface area contributed by atoms with E-state index in [1.807, 2.05) is 0 Å². The Labute approximate surface area is 127 Å². The summed E-state index contributed by atoms with van der Waals surface area (Å²) >= 11 is 5.77. The predicted molar refractivity (Wildman–Crippen MR) is 80.7 cm³/mol. The lowest BCUT2D eigenvalue weighted by molar-refractivity contribution is 0.0717. The SMILES string of the molecule is CN(C)N=Cc1ccc(C(=O)C(O)c2ccc(Cl)cc2)o1. The number of ketones is 1. The highest BCUT2D eigenvalue weighted by Gasteiger charge is 2.22. The molecule has 0 spiro atoms. The second-order valence-corrected chi connectivity index (χ2v) is 5.05. The molecular formula is C15H15ClN2O3. The van der Waals surface area contributed by atoms with Crippen molar-refractivity contribution >= 4 is 23.6 Å². The zero-order valence-corrected chi connectivity index (χ0v) is 12.4. The van der Waals surface area contributed by atoms with Gasteiger partial charge in [-0.3, -0.25) is 4.79 Å². The second kappa shape index (κ2) is 6.56. The standard InChI is InChI=1S/C15H15ClN2O3/c1-18(2)17-9-12-7-8-13(21-12)15(20)14(19)10-3-5-11(16)6-4-10/h3-9,14,19H,1-2H3. The lowest BCUT2D eigenvalue weighted by Crippen LogP contribution is -2.11. The Morgan fingerprint density at radius 1 is 1.29 bits per heavy atom. The van der Waals surface area contributed by atoms with Crippen molar-refractivity contribution < 1.29 is 14.3 Å².